The maximum Gasteiger partial charge on any atom is 0.226 e. The number of hydrogen-bond donors (Lipinski definition) is 4. The number of nitrogen functional groups attached to an aromatic ring is 1. The Morgan fingerprint density at radius 3 is 2.65 bits per heavy atom. The summed E-state index contributed by atoms with van der Waals surface area (Å²) in [5.41, 5.74) is 7.56. The Balaban J connectivity index is 2.04. The van der Waals surface area contributed by atoms with Gasteiger partial charge in [0.2, 0.25) is 5.91 Å². The number of nitrogens with two attached hydrogens (primary N) is 1. The number of hydrogen-bond acceptors (Lipinski definition) is 7. The monoisotopic (exact) mass is 314 g/mol. The van der Waals surface area contributed by atoms with Crippen LogP contribution < -0.4 is 16.4 Å². The minimum Gasteiger partial charge on any atom is -0.384 e. The van der Waals surface area contributed by atoms with E-state index in [1.165, 1.54) is 6.33 Å². The second kappa shape index (κ2) is 7.85. The number of carbonyl (C=O) groups excluding carboxylic acids is 1. The standard InChI is InChI=1S/C15H18N6O2/c1-23-7-6-13(22)20-10-2-4-11(5-3-10)21-15-12(8-16)14(17)18-9-19-15/h2-5,8-9,16H,6-7H2,1H3,(H,20,22)(H3,17,18,19,21). The first-order chi connectivity index (χ1) is 11.1. The molecule has 0 fully saturated rings. The van der Waals surface area contributed by atoms with E-state index in [2.05, 4.69) is 20.6 Å². The molecule has 0 aliphatic carbocycles. The first kappa shape index (κ1) is 16.4. The van der Waals surface area contributed by atoms with E-state index in [0.717, 1.165) is 11.9 Å². The molecule has 1 heterocycles. The second-order valence-corrected chi connectivity index (χ2v) is 4.66. The average Bonchev–Trinajstić information content (AvgIpc) is 2.55. The molecular formula is C15H18N6O2. The van der Waals surface area contributed by atoms with Gasteiger partial charge in [0.25, 0.3) is 0 Å². The summed E-state index contributed by atoms with van der Waals surface area (Å²) in [7, 11) is 1.55. The fourth-order valence-corrected chi connectivity index (χ4v) is 1.84. The molecule has 0 aliphatic heterocycles. The fourth-order valence-electron chi connectivity index (χ4n) is 1.84. The van der Waals surface area contributed by atoms with Gasteiger partial charge in [0, 0.05) is 24.7 Å². The molecule has 0 radical (unpaired) electrons. The Morgan fingerprint density at radius 1 is 1.30 bits per heavy atom. The van der Waals surface area contributed by atoms with Gasteiger partial charge in [0.05, 0.1) is 18.6 Å². The maximum atomic E-state index is 11.6. The van der Waals surface area contributed by atoms with Crippen molar-refractivity contribution in [2.45, 2.75) is 6.42 Å². The molecule has 120 valence electrons. The maximum absolute atomic E-state index is 11.6. The Hall–Kier alpha value is -3.00. The van der Waals surface area contributed by atoms with Crippen molar-refractivity contribution in [2.75, 3.05) is 30.1 Å². The first-order valence-electron chi connectivity index (χ1n) is 6.91. The van der Waals surface area contributed by atoms with Gasteiger partial charge in [-0.3, -0.25) is 4.79 Å². The minimum atomic E-state index is -0.109. The summed E-state index contributed by atoms with van der Waals surface area (Å²) in [4.78, 5) is 19.5. The van der Waals surface area contributed by atoms with Crippen molar-refractivity contribution >= 4 is 35.1 Å². The first-order valence-corrected chi connectivity index (χ1v) is 6.91. The van der Waals surface area contributed by atoms with Crippen LogP contribution in [0.25, 0.3) is 0 Å². The summed E-state index contributed by atoms with van der Waals surface area (Å²) in [6, 6.07) is 7.11. The molecule has 1 amide bonds. The van der Waals surface area contributed by atoms with Crippen molar-refractivity contribution in [3.05, 3.63) is 36.2 Å². The van der Waals surface area contributed by atoms with Crippen LogP contribution in [-0.2, 0) is 9.53 Å². The third-order valence-corrected chi connectivity index (χ3v) is 3.02. The van der Waals surface area contributed by atoms with Crippen LogP contribution in [0.3, 0.4) is 0 Å². The summed E-state index contributed by atoms with van der Waals surface area (Å²) in [6.45, 7) is 0.382. The fraction of sp³-hybridized carbons (Fsp3) is 0.200. The van der Waals surface area contributed by atoms with Crippen LogP contribution in [0, 0.1) is 5.41 Å². The lowest BCUT2D eigenvalue weighted by molar-refractivity contribution is -0.117. The summed E-state index contributed by atoms with van der Waals surface area (Å²) in [6.07, 6.45) is 2.73. The Labute approximate surface area is 133 Å². The number of methoxy groups -OCH3 is 1. The van der Waals surface area contributed by atoms with Crippen molar-refractivity contribution in [2.24, 2.45) is 0 Å². The highest BCUT2D eigenvalue weighted by Crippen LogP contribution is 2.21. The Bertz CT molecular complexity index is 687. The van der Waals surface area contributed by atoms with Gasteiger partial charge in [0.1, 0.15) is 18.0 Å². The van der Waals surface area contributed by atoms with Crippen LogP contribution in [0.1, 0.15) is 12.0 Å². The molecule has 8 nitrogen and oxygen atoms in total. The molecule has 0 spiro atoms. The molecule has 1 aromatic carbocycles. The number of nitrogens with one attached hydrogen (secondary N) is 3. The second-order valence-electron chi connectivity index (χ2n) is 4.66. The van der Waals surface area contributed by atoms with Crippen molar-refractivity contribution in [1.82, 2.24) is 9.97 Å². The number of ether oxygens (including phenoxy) is 1. The molecule has 2 rings (SSSR count). The largest absolute Gasteiger partial charge is 0.384 e. The van der Waals surface area contributed by atoms with Crippen LogP contribution >= 0.6 is 0 Å². The molecular weight excluding hydrogens is 296 g/mol. The van der Waals surface area contributed by atoms with Crippen LogP contribution in [0.4, 0.5) is 23.0 Å². The van der Waals surface area contributed by atoms with Gasteiger partial charge in [-0.1, -0.05) is 0 Å². The summed E-state index contributed by atoms with van der Waals surface area (Å²) < 4.78 is 4.86. The minimum absolute atomic E-state index is 0.109. The molecule has 1 aromatic heterocycles. The van der Waals surface area contributed by atoms with Gasteiger partial charge in [0.15, 0.2) is 0 Å². The lowest BCUT2D eigenvalue weighted by Crippen LogP contribution is -2.13. The third kappa shape index (κ3) is 4.48. The van der Waals surface area contributed by atoms with E-state index in [4.69, 9.17) is 15.9 Å². The number of anilines is 4. The molecule has 0 bridgehead atoms. The Morgan fingerprint density at radius 2 is 2.00 bits per heavy atom. The molecule has 0 saturated heterocycles. The molecule has 0 unspecified atom stereocenters. The summed E-state index contributed by atoms with van der Waals surface area (Å²) in [5, 5.41) is 13.2. The summed E-state index contributed by atoms with van der Waals surface area (Å²) >= 11 is 0. The van der Waals surface area contributed by atoms with Crippen molar-refractivity contribution < 1.29 is 9.53 Å². The number of carbonyl (C=O) groups is 1. The zero-order valence-corrected chi connectivity index (χ0v) is 12.7. The highest BCUT2D eigenvalue weighted by atomic mass is 16.5. The SMILES string of the molecule is COCCC(=O)Nc1ccc(Nc2ncnc(N)c2C=N)cc1. The van der Waals surface area contributed by atoms with E-state index in [1.54, 1.807) is 31.4 Å². The number of aromatic nitrogens is 2. The lowest BCUT2D eigenvalue weighted by Gasteiger charge is -2.10. The van der Waals surface area contributed by atoms with Gasteiger partial charge < -0.3 is 26.5 Å². The highest BCUT2D eigenvalue weighted by molar-refractivity contribution is 5.92. The molecule has 0 aliphatic rings. The normalized spacial score (nSPS) is 10.1. The van der Waals surface area contributed by atoms with E-state index in [0.29, 0.717) is 30.1 Å². The van der Waals surface area contributed by atoms with E-state index in [1.807, 2.05) is 0 Å². The topological polar surface area (TPSA) is 126 Å². The van der Waals surface area contributed by atoms with Crippen LogP contribution in [0.5, 0.6) is 0 Å². The van der Waals surface area contributed by atoms with E-state index >= 15 is 0 Å². The highest BCUT2D eigenvalue weighted by Gasteiger charge is 2.07. The quantitative estimate of drug-likeness (QED) is 0.577. The smallest absolute Gasteiger partial charge is 0.226 e. The van der Waals surface area contributed by atoms with E-state index < -0.39 is 0 Å². The number of nitrogens with zero attached hydrogens (tertiary/aromatic N) is 2. The van der Waals surface area contributed by atoms with Crippen LogP contribution in [0.2, 0.25) is 0 Å². The average molecular weight is 314 g/mol. The number of benzene rings is 1. The predicted octanol–water partition coefficient (Wildman–Crippen LogP) is 1.78. The molecule has 0 atom stereocenters. The van der Waals surface area contributed by atoms with Crippen molar-refractivity contribution in [1.29, 1.82) is 5.41 Å². The zero-order chi connectivity index (χ0) is 16.7. The van der Waals surface area contributed by atoms with Crippen LogP contribution in [-0.4, -0.2) is 35.8 Å². The van der Waals surface area contributed by atoms with Gasteiger partial charge in [-0.15, -0.1) is 0 Å². The van der Waals surface area contributed by atoms with Gasteiger partial charge >= 0.3 is 0 Å². The molecule has 23 heavy (non-hydrogen) atoms. The van der Waals surface area contributed by atoms with Gasteiger partial charge in [-0.25, -0.2) is 9.97 Å². The molecule has 5 N–H and O–H groups in total. The lowest BCUT2D eigenvalue weighted by atomic mass is 10.2. The molecule has 0 saturated carbocycles. The Kier molecular flexibility index (Phi) is 5.59. The summed E-state index contributed by atoms with van der Waals surface area (Å²) in [5.74, 6) is 0.575. The van der Waals surface area contributed by atoms with Gasteiger partial charge in [-0.05, 0) is 24.3 Å². The predicted molar refractivity (Wildman–Crippen MR) is 89.2 cm³/mol. The van der Waals surface area contributed by atoms with Crippen LogP contribution in [0.15, 0.2) is 30.6 Å². The van der Waals surface area contributed by atoms with E-state index in [9.17, 15) is 4.79 Å². The molecule has 2 aromatic rings. The van der Waals surface area contributed by atoms with Crippen molar-refractivity contribution in [3.8, 4) is 0 Å². The number of rotatable bonds is 7. The number of amides is 1. The van der Waals surface area contributed by atoms with Crippen molar-refractivity contribution in [3.63, 3.8) is 0 Å². The van der Waals surface area contributed by atoms with Gasteiger partial charge in [-0.2, -0.15) is 0 Å². The molecule has 8 heteroatoms. The van der Waals surface area contributed by atoms with E-state index in [-0.39, 0.29) is 11.7 Å². The third-order valence-electron chi connectivity index (χ3n) is 3.02. The zero-order valence-electron chi connectivity index (χ0n) is 12.7.